The highest BCUT2D eigenvalue weighted by Gasteiger charge is 2.43. The van der Waals surface area contributed by atoms with Gasteiger partial charge in [-0.15, -0.1) is 0 Å². The van der Waals surface area contributed by atoms with Crippen molar-refractivity contribution in [2.45, 2.75) is 0 Å². The average molecular weight is 131 g/mol. The Hall–Kier alpha value is -0.610. The fraction of sp³-hybridized carbons (Fsp3) is 0.800. The van der Waals surface area contributed by atoms with E-state index < -0.39 is 11.3 Å². The van der Waals surface area contributed by atoms with Crippen molar-refractivity contribution >= 4 is 5.91 Å². The van der Waals surface area contributed by atoms with Gasteiger partial charge in [0.1, 0.15) is 5.41 Å². The van der Waals surface area contributed by atoms with Gasteiger partial charge in [0.2, 0.25) is 5.91 Å². The van der Waals surface area contributed by atoms with Crippen molar-refractivity contribution in [1.29, 1.82) is 0 Å². The topological polar surface area (TPSA) is 72.6 Å². The third-order valence-corrected chi connectivity index (χ3v) is 1.58. The third-order valence-electron chi connectivity index (χ3n) is 1.58. The number of ether oxygens (including phenoxy) is 1. The summed E-state index contributed by atoms with van der Waals surface area (Å²) in [5.74, 6) is -0.476. The Morgan fingerprint density at radius 2 is 2.33 bits per heavy atom. The molecule has 1 aliphatic rings. The summed E-state index contributed by atoms with van der Waals surface area (Å²) < 4.78 is 4.73. The number of aliphatic hydroxyl groups excluding tert-OH is 1. The first kappa shape index (κ1) is 6.51. The molecule has 9 heavy (non-hydrogen) atoms. The van der Waals surface area contributed by atoms with Crippen molar-refractivity contribution in [3.8, 4) is 0 Å². The van der Waals surface area contributed by atoms with Crippen molar-refractivity contribution in [2.24, 2.45) is 11.1 Å². The van der Waals surface area contributed by atoms with E-state index in [1.165, 1.54) is 0 Å². The molecule has 1 rings (SSSR count). The van der Waals surface area contributed by atoms with Crippen molar-refractivity contribution in [3.63, 3.8) is 0 Å². The number of hydrogen-bond acceptors (Lipinski definition) is 3. The van der Waals surface area contributed by atoms with Crippen LogP contribution in [0.25, 0.3) is 0 Å². The predicted octanol–water partition coefficient (Wildman–Crippen LogP) is -1.52. The van der Waals surface area contributed by atoms with Gasteiger partial charge in [0, 0.05) is 0 Å². The van der Waals surface area contributed by atoms with Crippen molar-refractivity contribution < 1.29 is 14.6 Å². The van der Waals surface area contributed by atoms with E-state index in [4.69, 9.17) is 15.6 Å². The van der Waals surface area contributed by atoms with Crippen molar-refractivity contribution in [1.82, 2.24) is 0 Å². The Morgan fingerprint density at radius 3 is 2.33 bits per heavy atom. The molecule has 0 unspecified atom stereocenters. The molecule has 4 heteroatoms. The molecule has 0 aromatic rings. The van der Waals surface area contributed by atoms with E-state index in [1.54, 1.807) is 0 Å². The standard InChI is InChI=1S/C5H9NO3/c6-4(8)5(1-7)2-9-3-5/h7H,1-3H2,(H2,6,8). The van der Waals surface area contributed by atoms with Crippen LogP contribution < -0.4 is 5.73 Å². The van der Waals surface area contributed by atoms with Crippen molar-refractivity contribution in [3.05, 3.63) is 0 Å². The van der Waals surface area contributed by atoms with Crippen LogP contribution in [-0.2, 0) is 9.53 Å². The summed E-state index contributed by atoms with van der Waals surface area (Å²) in [7, 11) is 0. The predicted molar refractivity (Wildman–Crippen MR) is 29.5 cm³/mol. The minimum atomic E-state index is -0.764. The monoisotopic (exact) mass is 131 g/mol. The molecular formula is C5H9NO3. The molecule has 0 aromatic carbocycles. The van der Waals surface area contributed by atoms with E-state index in [9.17, 15) is 4.79 Å². The van der Waals surface area contributed by atoms with E-state index in [0.29, 0.717) is 0 Å². The van der Waals surface area contributed by atoms with Crippen LogP contribution in [0.4, 0.5) is 0 Å². The Morgan fingerprint density at radius 1 is 1.78 bits per heavy atom. The first-order valence-electron chi connectivity index (χ1n) is 2.70. The van der Waals surface area contributed by atoms with Gasteiger partial charge in [0.05, 0.1) is 19.8 Å². The van der Waals surface area contributed by atoms with Gasteiger partial charge >= 0.3 is 0 Å². The van der Waals surface area contributed by atoms with E-state index in [2.05, 4.69) is 0 Å². The fourth-order valence-corrected chi connectivity index (χ4v) is 0.660. The molecule has 1 fully saturated rings. The molecular weight excluding hydrogens is 122 g/mol. The summed E-state index contributed by atoms with van der Waals surface area (Å²) in [6, 6.07) is 0. The second-order valence-electron chi connectivity index (χ2n) is 2.30. The molecule has 3 N–H and O–H groups in total. The molecule has 1 aliphatic heterocycles. The normalized spacial score (nSPS) is 22.8. The molecule has 0 aliphatic carbocycles. The van der Waals surface area contributed by atoms with Crippen LogP contribution in [0.2, 0.25) is 0 Å². The lowest BCUT2D eigenvalue weighted by atomic mass is 9.86. The quantitative estimate of drug-likeness (QED) is 0.478. The highest BCUT2D eigenvalue weighted by atomic mass is 16.5. The molecule has 1 saturated heterocycles. The molecule has 1 amide bonds. The zero-order valence-corrected chi connectivity index (χ0v) is 4.96. The van der Waals surface area contributed by atoms with E-state index in [1.807, 2.05) is 0 Å². The molecule has 0 bridgehead atoms. The SMILES string of the molecule is NC(=O)C1(CO)COC1. The number of primary amides is 1. The highest BCUT2D eigenvalue weighted by molar-refractivity contribution is 5.82. The van der Waals surface area contributed by atoms with Crippen LogP contribution in [-0.4, -0.2) is 30.8 Å². The zero-order valence-electron chi connectivity index (χ0n) is 4.96. The van der Waals surface area contributed by atoms with Gasteiger partial charge in [-0.3, -0.25) is 4.79 Å². The van der Waals surface area contributed by atoms with Crippen LogP contribution in [0.15, 0.2) is 0 Å². The first-order valence-corrected chi connectivity index (χ1v) is 2.70. The lowest BCUT2D eigenvalue weighted by Gasteiger charge is -2.36. The summed E-state index contributed by atoms with van der Waals surface area (Å²) in [5.41, 5.74) is 4.20. The number of carbonyl (C=O) groups excluding carboxylic acids is 1. The third kappa shape index (κ3) is 0.799. The minimum Gasteiger partial charge on any atom is -0.395 e. The number of aliphatic hydroxyl groups is 1. The van der Waals surface area contributed by atoms with Crippen LogP contribution in [0.5, 0.6) is 0 Å². The number of carbonyl (C=O) groups is 1. The maximum absolute atomic E-state index is 10.5. The summed E-state index contributed by atoms with van der Waals surface area (Å²) in [4.78, 5) is 10.5. The Labute approximate surface area is 52.6 Å². The summed E-state index contributed by atoms with van der Waals surface area (Å²) in [6.45, 7) is 0.319. The molecule has 0 saturated carbocycles. The second kappa shape index (κ2) is 1.97. The van der Waals surface area contributed by atoms with Gasteiger partial charge < -0.3 is 15.6 Å². The number of nitrogens with two attached hydrogens (primary N) is 1. The van der Waals surface area contributed by atoms with Crippen LogP contribution >= 0.6 is 0 Å². The lowest BCUT2D eigenvalue weighted by molar-refractivity contribution is -0.166. The van der Waals surface area contributed by atoms with Crippen LogP contribution in [0.3, 0.4) is 0 Å². The Kier molecular flexibility index (Phi) is 1.42. The summed E-state index contributed by atoms with van der Waals surface area (Å²) in [6.07, 6.45) is 0. The number of amides is 1. The molecule has 0 spiro atoms. The molecule has 1 heterocycles. The van der Waals surface area contributed by atoms with Gasteiger partial charge in [-0.25, -0.2) is 0 Å². The molecule has 0 atom stereocenters. The highest BCUT2D eigenvalue weighted by Crippen LogP contribution is 2.25. The molecule has 0 aromatic heterocycles. The summed E-state index contributed by atoms with van der Waals surface area (Å²) in [5, 5.41) is 8.63. The lowest BCUT2D eigenvalue weighted by Crippen LogP contribution is -2.54. The van der Waals surface area contributed by atoms with Gasteiger partial charge in [-0.1, -0.05) is 0 Å². The number of rotatable bonds is 2. The van der Waals surface area contributed by atoms with E-state index in [-0.39, 0.29) is 19.8 Å². The first-order chi connectivity index (χ1) is 4.21. The maximum atomic E-state index is 10.5. The van der Waals surface area contributed by atoms with Crippen LogP contribution in [0, 0.1) is 5.41 Å². The molecule has 0 radical (unpaired) electrons. The Balaban J connectivity index is 2.57. The van der Waals surface area contributed by atoms with Crippen LogP contribution in [0.1, 0.15) is 0 Å². The second-order valence-corrected chi connectivity index (χ2v) is 2.30. The molecule has 4 nitrogen and oxygen atoms in total. The number of hydrogen-bond donors (Lipinski definition) is 2. The Bertz CT molecular complexity index is 125. The van der Waals surface area contributed by atoms with Gasteiger partial charge in [-0.05, 0) is 0 Å². The molecule has 52 valence electrons. The largest absolute Gasteiger partial charge is 0.395 e. The van der Waals surface area contributed by atoms with E-state index in [0.717, 1.165) is 0 Å². The van der Waals surface area contributed by atoms with Gasteiger partial charge in [0.25, 0.3) is 0 Å². The fourth-order valence-electron chi connectivity index (χ4n) is 0.660. The maximum Gasteiger partial charge on any atom is 0.230 e. The minimum absolute atomic E-state index is 0.206. The van der Waals surface area contributed by atoms with E-state index >= 15 is 0 Å². The zero-order chi connectivity index (χ0) is 6.91. The van der Waals surface area contributed by atoms with Gasteiger partial charge in [0.15, 0.2) is 0 Å². The van der Waals surface area contributed by atoms with Gasteiger partial charge in [-0.2, -0.15) is 0 Å². The summed E-state index contributed by atoms with van der Waals surface area (Å²) >= 11 is 0. The van der Waals surface area contributed by atoms with Crippen molar-refractivity contribution in [2.75, 3.05) is 19.8 Å². The average Bonchev–Trinajstić information content (AvgIpc) is 1.62. The smallest absolute Gasteiger partial charge is 0.230 e.